The summed E-state index contributed by atoms with van der Waals surface area (Å²) in [6.45, 7) is 3.15. The zero-order valence-corrected chi connectivity index (χ0v) is 6.31. The van der Waals surface area contributed by atoms with E-state index in [0.29, 0.717) is 11.3 Å². The Hall–Kier alpha value is -0.530. The van der Waals surface area contributed by atoms with E-state index in [-0.39, 0.29) is 5.91 Å². The van der Waals surface area contributed by atoms with Crippen molar-refractivity contribution in [2.45, 2.75) is 26.2 Å². The molecule has 0 aromatic carbocycles. The molecule has 0 radical (unpaired) electrons. The number of nitrogens with one attached hydrogen (secondary N) is 1. The molecule has 2 heterocycles. The van der Waals surface area contributed by atoms with Gasteiger partial charge in [0.1, 0.15) is 0 Å². The Morgan fingerprint density at radius 2 is 2.40 bits per heavy atom. The second-order valence-electron chi connectivity index (χ2n) is 3.68. The third kappa shape index (κ3) is 0.619. The number of hydrogen-bond donors (Lipinski definition) is 1. The lowest BCUT2D eigenvalue weighted by Crippen LogP contribution is -2.57. The van der Waals surface area contributed by atoms with Gasteiger partial charge in [0, 0.05) is 12.5 Å². The number of rotatable bonds is 1. The molecule has 0 aromatic heterocycles. The highest BCUT2D eigenvalue weighted by atomic mass is 16.2. The minimum absolute atomic E-state index is 0.287. The first-order valence-corrected chi connectivity index (χ1v) is 4.03. The van der Waals surface area contributed by atoms with Gasteiger partial charge in [-0.05, 0) is 24.7 Å². The van der Waals surface area contributed by atoms with Crippen LogP contribution in [0.1, 0.15) is 26.2 Å². The van der Waals surface area contributed by atoms with Crippen molar-refractivity contribution in [1.82, 2.24) is 5.32 Å². The number of fused-ring (bicyclic) bond motifs is 2. The van der Waals surface area contributed by atoms with Crippen molar-refractivity contribution in [1.29, 1.82) is 0 Å². The molecule has 1 saturated carbocycles. The van der Waals surface area contributed by atoms with Crippen LogP contribution in [0.4, 0.5) is 0 Å². The number of carbonyl (C=O) groups excluding carboxylic acids is 1. The van der Waals surface area contributed by atoms with E-state index in [1.807, 2.05) is 0 Å². The second kappa shape index (κ2) is 1.74. The Bertz CT molecular complexity index is 165. The zero-order valence-electron chi connectivity index (χ0n) is 6.31. The van der Waals surface area contributed by atoms with Crippen LogP contribution in [0.5, 0.6) is 0 Å². The highest BCUT2D eigenvalue weighted by molar-refractivity contribution is 5.81. The highest BCUT2D eigenvalue weighted by Crippen LogP contribution is 2.50. The maximum absolute atomic E-state index is 11.0. The van der Waals surface area contributed by atoms with Crippen LogP contribution >= 0.6 is 0 Å². The van der Waals surface area contributed by atoms with E-state index < -0.39 is 0 Å². The maximum atomic E-state index is 11.0. The summed E-state index contributed by atoms with van der Waals surface area (Å²) in [5.74, 6) is 0.657. The fourth-order valence-corrected chi connectivity index (χ4v) is 2.15. The first-order chi connectivity index (χ1) is 4.76. The van der Waals surface area contributed by atoms with E-state index >= 15 is 0 Å². The molecule has 3 aliphatic rings. The van der Waals surface area contributed by atoms with Crippen molar-refractivity contribution in [3.63, 3.8) is 0 Å². The van der Waals surface area contributed by atoms with E-state index in [1.165, 1.54) is 6.42 Å². The lowest BCUT2D eigenvalue weighted by molar-refractivity contribution is -0.140. The molecule has 10 heavy (non-hydrogen) atoms. The summed E-state index contributed by atoms with van der Waals surface area (Å²) >= 11 is 0. The van der Waals surface area contributed by atoms with Crippen molar-refractivity contribution in [2.75, 3.05) is 6.54 Å². The summed E-state index contributed by atoms with van der Waals surface area (Å²) < 4.78 is 0. The summed E-state index contributed by atoms with van der Waals surface area (Å²) in [4.78, 5) is 11.0. The van der Waals surface area contributed by atoms with Gasteiger partial charge in [-0.1, -0.05) is 6.92 Å². The molecule has 0 atom stereocenters. The Kier molecular flexibility index (Phi) is 1.08. The highest BCUT2D eigenvalue weighted by Gasteiger charge is 2.49. The largest absolute Gasteiger partial charge is 0.355 e. The molecule has 0 spiro atoms. The predicted octanol–water partition coefficient (Wildman–Crippen LogP) is 0.923. The van der Waals surface area contributed by atoms with Crippen LogP contribution in [0.2, 0.25) is 0 Å². The van der Waals surface area contributed by atoms with Crippen LogP contribution in [-0.2, 0) is 4.79 Å². The molecule has 2 heteroatoms. The Labute approximate surface area is 61.0 Å². The van der Waals surface area contributed by atoms with E-state index in [0.717, 1.165) is 19.4 Å². The summed E-state index contributed by atoms with van der Waals surface area (Å²) in [5, 5.41) is 2.93. The molecule has 0 aromatic rings. The molecule has 1 amide bonds. The average Bonchev–Trinajstić information content (AvgIpc) is 1.87. The van der Waals surface area contributed by atoms with E-state index in [4.69, 9.17) is 0 Å². The lowest BCUT2D eigenvalue weighted by atomic mass is 9.58. The summed E-state index contributed by atoms with van der Waals surface area (Å²) in [5.41, 5.74) is 0.512. The van der Waals surface area contributed by atoms with Crippen LogP contribution in [0, 0.1) is 11.3 Å². The molecule has 3 fully saturated rings. The fourth-order valence-electron chi connectivity index (χ4n) is 2.15. The SMILES string of the molecule is CCC12CNC(=O)C(C1)C2. The fraction of sp³-hybridized carbons (Fsp3) is 0.875. The van der Waals surface area contributed by atoms with Gasteiger partial charge < -0.3 is 5.32 Å². The molecule has 0 unspecified atom stereocenters. The summed E-state index contributed by atoms with van der Waals surface area (Å²) in [6.07, 6.45) is 3.52. The number of piperidine rings is 2. The van der Waals surface area contributed by atoms with E-state index in [9.17, 15) is 4.79 Å². The third-order valence-corrected chi connectivity index (χ3v) is 3.12. The molecule has 2 nitrogen and oxygen atoms in total. The van der Waals surface area contributed by atoms with Gasteiger partial charge >= 0.3 is 0 Å². The molecular weight excluding hydrogens is 126 g/mol. The maximum Gasteiger partial charge on any atom is 0.223 e. The van der Waals surface area contributed by atoms with Crippen molar-refractivity contribution in [2.24, 2.45) is 11.3 Å². The van der Waals surface area contributed by atoms with Crippen LogP contribution in [0.15, 0.2) is 0 Å². The first-order valence-electron chi connectivity index (χ1n) is 4.03. The topological polar surface area (TPSA) is 29.1 Å². The molecule has 2 bridgehead atoms. The Balaban J connectivity index is 2.08. The molecular formula is C8H13NO. The van der Waals surface area contributed by atoms with Gasteiger partial charge in [0.2, 0.25) is 5.91 Å². The Morgan fingerprint density at radius 3 is 2.80 bits per heavy atom. The monoisotopic (exact) mass is 139 g/mol. The van der Waals surface area contributed by atoms with Crippen molar-refractivity contribution in [3.8, 4) is 0 Å². The molecule has 2 saturated heterocycles. The van der Waals surface area contributed by atoms with Gasteiger partial charge in [-0.25, -0.2) is 0 Å². The first kappa shape index (κ1) is 6.20. The van der Waals surface area contributed by atoms with Crippen molar-refractivity contribution >= 4 is 5.91 Å². The number of carbonyl (C=O) groups is 1. The smallest absolute Gasteiger partial charge is 0.223 e. The molecule has 1 N–H and O–H groups in total. The Morgan fingerprint density at radius 1 is 1.70 bits per heavy atom. The van der Waals surface area contributed by atoms with Gasteiger partial charge in [-0.2, -0.15) is 0 Å². The number of amides is 1. The van der Waals surface area contributed by atoms with Crippen LogP contribution in [-0.4, -0.2) is 12.5 Å². The quantitative estimate of drug-likeness (QED) is 0.575. The molecule has 1 aliphatic carbocycles. The zero-order chi connectivity index (χ0) is 7.19. The van der Waals surface area contributed by atoms with Crippen molar-refractivity contribution < 1.29 is 4.79 Å². The van der Waals surface area contributed by atoms with Crippen LogP contribution < -0.4 is 5.32 Å². The minimum atomic E-state index is 0.287. The second-order valence-corrected chi connectivity index (χ2v) is 3.68. The minimum Gasteiger partial charge on any atom is -0.355 e. The van der Waals surface area contributed by atoms with Crippen molar-refractivity contribution in [3.05, 3.63) is 0 Å². The number of hydrogen-bond acceptors (Lipinski definition) is 1. The van der Waals surface area contributed by atoms with Crippen LogP contribution in [0.3, 0.4) is 0 Å². The van der Waals surface area contributed by atoms with Gasteiger partial charge in [-0.15, -0.1) is 0 Å². The predicted molar refractivity (Wildman–Crippen MR) is 38.5 cm³/mol. The molecule has 2 aliphatic heterocycles. The van der Waals surface area contributed by atoms with Crippen LogP contribution in [0.25, 0.3) is 0 Å². The van der Waals surface area contributed by atoms with Gasteiger partial charge in [-0.3, -0.25) is 4.79 Å². The van der Waals surface area contributed by atoms with Gasteiger partial charge in [0.25, 0.3) is 0 Å². The van der Waals surface area contributed by atoms with Gasteiger partial charge in [0.15, 0.2) is 0 Å². The third-order valence-electron chi connectivity index (χ3n) is 3.12. The molecule has 56 valence electrons. The van der Waals surface area contributed by atoms with E-state index in [1.54, 1.807) is 0 Å². The summed E-state index contributed by atoms with van der Waals surface area (Å²) in [6, 6.07) is 0. The lowest BCUT2D eigenvalue weighted by Gasteiger charge is -2.51. The normalized spacial score (nSPS) is 44.1. The van der Waals surface area contributed by atoms with E-state index in [2.05, 4.69) is 12.2 Å². The standard InChI is InChI=1S/C8H13NO/c1-2-8-3-6(4-8)7(10)9-5-8/h6H,2-5H2,1H3,(H,9,10). The summed E-state index contributed by atoms with van der Waals surface area (Å²) in [7, 11) is 0. The molecule has 3 rings (SSSR count). The average molecular weight is 139 g/mol. The van der Waals surface area contributed by atoms with Gasteiger partial charge in [0.05, 0.1) is 0 Å².